The van der Waals surface area contributed by atoms with Crippen molar-refractivity contribution in [2.75, 3.05) is 11.9 Å². The third-order valence-electron chi connectivity index (χ3n) is 4.15. The molecule has 0 saturated heterocycles. The van der Waals surface area contributed by atoms with Crippen molar-refractivity contribution in [2.24, 2.45) is 0 Å². The molecule has 1 atom stereocenters. The van der Waals surface area contributed by atoms with Crippen molar-refractivity contribution in [2.45, 2.75) is 40.2 Å². The molecule has 7 heteroatoms. The van der Waals surface area contributed by atoms with Crippen molar-refractivity contribution in [3.05, 3.63) is 46.5 Å². The predicted molar refractivity (Wildman–Crippen MR) is 115 cm³/mol. The lowest BCUT2D eigenvalue weighted by Crippen LogP contribution is -2.30. The van der Waals surface area contributed by atoms with Gasteiger partial charge in [0.05, 0.1) is 16.8 Å². The highest BCUT2D eigenvalue weighted by Crippen LogP contribution is 2.30. The number of benzene rings is 2. The van der Waals surface area contributed by atoms with E-state index in [1.165, 1.54) is 11.3 Å². The minimum atomic E-state index is -0.671. The lowest BCUT2D eigenvalue weighted by Gasteiger charge is -2.15. The molecular weight excluding hydrogens is 396 g/mol. The summed E-state index contributed by atoms with van der Waals surface area (Å²) in [6.07, 6.45) is 0.280. The first-order valence-corrected chi connectivity index (χ1v) is 10.3. The molecule has 28 heavy (non-hydrogen) atoms. The number of fused-ring (bicyclic) bond motifs is 1. The van der Waals surface area contributed by atoms with E-state index >= 15 is 0 Å². The van der Waals surface area contributed by atoms with E-state index in [4.69, 9.17) is 21.1 Å². The largest absolute Gasteiger partial charge is 0.494 e. The second kappa shape index (κ2) is 8.80. The van der Waals surface area contributed by atoms with Crippen molar-refractivity contribution in [1.29, 1.82) is 0 Å². The molecule has 0 radical (unpaired) electrons. The topological polar surface area (TPSA) is 60.5 Å². The first kappa shape index (κ1) is 20.4. The van der Waals surface area contributed by atoms with E-state index in [1.54, 1.807) is 6.92 Å². The number of rotatable bonds is 7. The highest BCUT2D eigenvalue weighted by Gasteiger charge is 2.18. The predicted octanol–water partition coefficient (Wildman–Crippen LogP) is 5.76. The number of carbonyl (C=O) groups is 1. The normalized spacial score (nSPS) is 12.0. The fourth-order valence-electron chi connectivity index (χ4n) is 2.71. The van der Waals surface area contributed by atoms with Crippen LogP contribution in [0.5, 0.6) is 11.5 Å². The van der Waals surface area contributed by atoms with E-state index in [0.29, 0.717) is 22.5 Å². The minimum Gasteiger partial charge on any atom is -0.494 e. The van der Waals surface area contributed by atoms with Crippen molar-refractivity contribution in [3.8, 4) is 11.5 Å². The standard InChI is InChI=1S/C21H23ClN2O3S/c1-5-8-26-15-6-7-17-18(11-15)28-21(23-17)24-20(25)14(4)27-16-9-12(2)19(22)13(3)10-16/h6-7,9-11,14H,5,8H2,1-4H3,(H,23,24,25). The number of nitrogens with zero attached hydrogens (tertiary/aromatic N) is 1. The molecule has 1 N–H and O–H groups in total. The van der Waals surface area contributed by atoms with Gasteiger partial charge in [0.2, 0.25) is 0 Å². The van der Waals surface area contributed by atoms with Crippen LogP contribution in [0.2, 0.25) is 5.02 Å². The Morgan fingerprint density at radius 2 is 1.93 bits per heavy atom. The maximum Gasteiger partial charge on any atom is 0.266 e. The van der Waals surface area contributed by atoms with Gasteiger partial charge in [-0.25, -0.2) is 4.98 Å². The fourth-order valence-corrected chi connectivity index (χ4v) is 3.71. The van der Waals surface area contributed by atoms with Crippen LogP contribution in [0.1, 0.15) is 31.4 Å². The maximum absolute atomic E-state index is 12.5. The van der Waals surface area contributed by atoms with E-state index in [0.717, 1.165) is 33.5 Å². The monoisotopic (exact) mass is 418 g/mol. The van der Waals surface area contributed by atoms with Gasteiger partial charge in [-0.2, -0.15) is 0 Å². The molecule has 0 saturated carbocycles. The summed E-state index contributed by atoms with van der Waals surface area (Å²) in [5, 5.41) is 4.07. The smallest absolute Gasteiger partial charge is 0.266 e. The first-order chi connectivity index (χ1) is 13.4. The van der Waals surface area contributed by atoms with Crippen molar-refractivity contribution < 1.29 is 14.3 Å². The van der Waals surface area contributed by atoms with Crippen molar-refractivity contribution in [3.63, 3.8) is 0 Å². The van der Waals surface area contributed by atoms with E-state index in [2.05, 4.69) is 17.2 Å². The number of hydrogen-bond donors (Lipinski definition) is 1. The van der Waals surface area contributed by atoms with Gasteiger partial charge in [0.15, 0.2) is 11.2 Å². The quantitative estimate of drug-likeness (QED) is 0.529. The third kappa shape index (κ3) is 4.75. The van der Waals surface area contributed by atoms with Gasteiger partial charge < -0.3 is 9.47 Å². The number of thiazole rings is 1. The third-order valence-corrected chi connectivity index (χ3v) is 5.68. The molecule has 1 amide bonds. The van der Waals surface area contributed by atoms with E-state index < -0.39 is 6.10 Å². The van der Waals surface area contributed by atoms with Crippen molar-refractivity contribution in [1.82, 2.24) is 4.98 Å². The second-order valence-electron chi connectivity index (χ2n) is 6.62. The van der Waals surface area contributed by atoms with E-state index in [1.807, 2.05) is 44.2 Å². The van der Waals surface area contributed by atoms with Gasteiger partial charge >= 0.3 is 0 Å². The number of nitrogens with one attached hydrogen (secondary N) is 1. The average molecular weight is 419 g/mol. The molecular formula is C21H23ClN2O3S. The van der Waals surface area contributed by atoms with E-state index in [-0.39, 0.29) is 5.91 Å². The van der Waals surface area contributed by atoms with Gasteiger partial charge in [0.25, 0.3) is 5.91 Å². The molecule has 1 unspecified atom stereocenters. The van der Waals surface area contributed by atoms with Gasteiger partial charge in [0.1, 0.15) is 11.5 Å². The van der Waals surface area contributed by atoms with Crippen LogP contribution in [0.4, 0.5) is 5.13 Å². The summed E-state index contributed by atoms with van der Waals surface area (Å²) in [4.78, 5) is 17.0. The lowest BCUT2D eigenvalue weighted by atomic mass is 10.1. The number of ether oxygens (including phenoxy) is 2. The molecule has 0 spiro atoms. The number of hydrogen-bond acceptors (Lipinski definition) is 5. The van der Waals surface area contributed by atoms with Crippen LogP contribution in [-0.2, 0) is 4.79 Å². The highest BCUT2D eigenvalue weighted by molar-refractivity contribution is 7.22. The molecule has 1 heterocycles. The summed E-state index contributed by atoms with van der Waals surface area (Å²) in [5.74, 6) is 1.16. The molecule has 0 aliphatic heterocycles. The van der Waals surface area contributed by atoms with Gasteiger partial charge in [-0.1, -0.05) is 29.9 Å². The SMILES string of the molecule is CCCOc1ccc2nc(NC(=O)C(C)Oc3cc(C)c(Cl)c(C)c3)sc2c1. The van der Waals surface area contributed by atoms with Crippen LogP contribution in [0.15, 0.2) is 30.3 Å². The van der Waals surface area contributed by atoms with Gasteiger partial charge in [-0.15, -0.1) is 0 Å². The van der Waals surface area contributed by atoms with Crippen LogP contribution >= 0.6 is 22.9 Å². The Hall–Kier alpha value is -2.31. The van der Waals surface area contributed by atoms with Crippen LogP contribution in [0.25, 0.3) is 10.2 Å². The minimum absolute atomic E-state index is 0.258. The van der Waals surface area contributed by atoms with Crippen LogP contribution in [0.3, 0.4) is 0 Å². The number of anilines is 1. The zero-order valence-corrected chi connectivity index (χ0v) is 17.9. The summed E-state index contributed by atoms with van der Waals surface area (Å²) in [6.45, 7) is 8.26. The van der Waals surface area contributed by atoms with Crippen molar-refractivity contribution >= 4 is 44.2 Å². The Labute approximate surface area is 173 Å². The Morgan fingerprint density at radius 1 is 1.21 bits per heavy atom. The summed E-state index contributed by atoms with van der Waals surface area (Å²) in [6, 6.07) is 9.38. The van der Waals surface area contributed by atoms with Crippen LogP contribution < -0.4 is 14.8 Å². The first-order valence-electron chi connectivity index (χ1n) is 9.15. The Kier molecular flexibility index (Phi) is 6.42. The number of carbonyl (C=O) groups excluding carboxylic acids is 1. The molecule has 5 nitrogen and oxygen atoms in total. The van der Waals surface area contributed by atoms with Gasteiger partial charge in [0, 0.05) is 5.02 Å². The second-order valence-corrected chi connectivity index (χ2v) is 8.03. The van der Waals surface area contributed by atoms with Gasteiger partial charge in [-0.3, -0.25) is 10.1 Å². The number of aromatic nitrogens is 1. The molecule has 2 aromatic carbocycles. The molecule has 3 rings (SSSR count). The van der Waals surface area contributed by atoms with Crippen LogP contribution in [-0.4, -0.2) is 23.6 Å². The summed E-state index contributed by atoms with van der Waals surface area (Å²) in [7, 11) is 0. The Morgan fingerprint density at radius 3 is 2.61 bits per heavy atom. The molecule has 0 fully saturated rings. The zero-order chi connectivity index (χ0) is 20.3. The summed E-state index contributed by atoms with van der Waals surface area (Å²) < 4.78 is 12.4. The fraction of sp³-hybridized carbons (Fsp3) is 0.333. The molecule has 0 bridgehead atoms. The van der Waals surface area contributed by atoms with E-state index in [9.17, 15) is 4.79 Å². The number of halogens is 1. The molecule has 3 aromatic rings. The number of aryl methyl sites for hydroxylation is 2. The summed E-state index contributed by atoms with van der Waals surface area (Å²) in [5.41, 5.74) is 2.65. The summed E-state index contributed by atoms with van der Waals surface area (Å²) >= 11 is 7.59. The average Bonchev–Trinajstić information content (AvgIpc) is 3.05. The molecule has 148 valence electrons. The number of amides is 1. The van der Waals surface area contributed by atoms with Crippen LogP contribution in [0, 0.1) is 13.8 Å². The Balaban J connectivity index is 1.68. The Bertz CT molecular complexity index is 979. The highest BCUT2D eigenvalue weighted by atomic mass is 35.5. The van der Waals surface area contributed by atoms with Gasteiger partial charge in [-0.05, 0) is 68.7 Å². The molecule has 0 aliphatic rings. The molecule has 0 aliphatic carbocycles. The zero-order valence-electron chi connectivity index (χ0n) is 16.3. The maximum atomic E-state index is 12.5. The lowest BCUT2D eigenvalue weighted by molar-refractivity contribution is -0.122. The molecule has 1 aromatic heterocycles.